The molecule has 0 radical (unpaired) electrons. The van der Waals surface area contributed by atoms with Crippen LogP contribution < -0.4 is 16.4 Å². The first-order valence-electron chi connectivity index (χ1n) is 6.74. The minimum absolute atomic E-state index is 0.0289. The number of benzene rings is 1. The van der Waals surface area contributed by atoms with Crippen molar-refractivity contribution in [1.29, 1.82) is 0 Å². The third kappa shape index (κ3) is 2.36. The van der Waals surface area contributed by atoms with Gasteiger partial charge < -0.3 is 16.4 Å². The van der Waals surface area contributed by atoms with E-state index in [9.17, 15) is 4.79 Å². The number of piperazine rings is 1. The van der Waals surface area contributed by atoms with Gasteiger partial charge in [-0.25, -0.2) is 0 Å². The van der Waals surface area contributed by atoms with Crippen molar-refractivity contribution in [2.45, 2.75) is 18.5 Å². The van der Waals surface area contributed by atoms with E-state index in [-0.39, 0.29) is 11.9 Å². The molecule has 1 saturated heterocycles. The molecule has 0 aromatic heterocycles. The lowest BCUT2D eigenvalue weighted by atomic mass is 9.95. The molecule has 2 atom stereocenters. The van der Waals surface area contributed by atoms with Gasteiger partial charge in [-0.3, -0.25) is 9.69 Å². The summed E-state index contributed by atoms with van der Waals surface area (Å²) in [7, 11) is 2.11. The van der Waals surface area contributed by atoms with E-state index in [4.69, 9.17) is 5.73 Å². The summed E-state index contributed by atoms with van der Waals surface area (Å²) >= 11 is 0. The van der Waals surface area contributed by atoms with Crippen LogP contribution >= 0.6 is 0 Å². The third-order valence-electron chi connectivity index (χ3n) is 4.11. The van der Waals surface area contributed by atoms with Crippen LogP contribution in [0.5, 0.6) is 0 Å². The van der Waals surface area contributed by atoms with Gasteiger partial charge in [-0.15, -0.1) is 0 Å². The quantitative estimate of drug-likeness (QED) is 0.704. The highest BCUT2D eigenvalue weighted by Crippen LogP contribution is 2.27. The maximum Gasteiger partial charge on any atom is 0.228 e. The summed E-state index contributed by atoms with van der Waals surface area (Å²) in [6.45, 7) is 2.94. The monoisotopic (exact) mass is 260 g/mol. The molecule has 0 aliphatic carbocycles. The standard InChI is InChI=1S/C14H20N4O/c1-18-5-4-16-8-12(18)14(15)9-2-3-11-10(6-9)7-13(19)17-11/h2-3,6,12,14,16H,4-5,7-8,15H2,1H3,(H,17,19). The average Bonchev–Trinajstić information content (AvgIpc) is 2.77. The molecule has 2 heterocycles. The fourth-order valence-corrected chi connectivity index (χ4v) is 2.91. The highest BCUT2D eigenvalue weighted by atomic mass is 16.1. The minimum Gasteiger partial charge on any atom is -0.326 e. The largest absolute Gasteiger partial charge is 0.326 e. The lowest BCUT2D eigenvalue weighted by molar-refractivity contribution is -0.115. The molecule has 5 heteroatoms. The number of anilines is 1. The van der Waals surface area contributed by atoms with Gasteiger partial charge in [0.1, 0.15) is 0 Å². The average molecular weight is 260 g/mol. The molecule has 102 valence electrons. The summed E-state index contributed by atoms with van der Waals surface area (Å²) in [6, 6.07) is 6.33. The van der Waals surface area contributed by atoms with Gasteiger partial charge in [0.25, 0.3) is 0 Å². The van der Waals surface area contributed by atoms with Gasteiger partial charge in [0, 0.05) is 37.4 Å². The number of carbonyl (C=O) groups excluding carboxylic acids is 1. The Morgan fingerprint density at radius 2 is 2.32 bits per heavy atom. The SMILES string of the molecule is CN1CCNCC1C(N)c1ccc2c(c1)CC(=O)N2. The fourth-order valence-electron chi connectivity index (χ4n) is 2.91. The number of carbonyl (C=O) groups is 1. The molecule has 0 bridgehead atoms. The second-order valence-corrected chi connectivity index (χ2v) is 5.42. The van der Waals surface area contributed by atoms with Crippen molar-refractivity contribution in [3.8, 4) is 0 Å². The van der Waals surface area contributed by atoms with Gasteiger partial charge >= 0.3 is 0 Å². The minimum atomic E-state index is -0.0289. The molecule has 2 aliphatic rings. The van der Waals surface area contributed by atoms with Crippen LogP contribution in [0.2, 0.25) is 0 Å². The van der Waals surface area contributed by atoms with Crippen LogP contribution in [-0.2, 0) is 11.2 Å². The van der Waals surface area contributed by atoms with Crippen molar-refractivity contribution < 1.29 is 4.79 Å². The molecule has 2 aliphatic heterocycles. The summed E-state index contributed by atoms with van der Waals surface area (Å²) in [5.74, 6) is 0.0668. The van der Waals surface area contributed by atoms with Crippen LogP contribution in [0.25, 0.3) is 0 Å². The fraction of sp³-hybridized carbons (Fsp3) is 0.500. The molecule has 1 fully saturated rings. The van der Waals surface area contributed by atoms with E-state index in [1.54, 1.807) is 0 Å². The Bertz CT molecular complexity index is 502. The number of fused-ring (bicyclic) bond motifs is 1. The Kier molecular flexibility index (Phi) is 3.26. The summed E-state index contributed by atoms with van der Waals surface area (Å²) in [4.78, 5) is 13.7. The number of likely N-dealkylation sites (N-methyl/N-ethyl adjacent to an activating group) is 1. The summed E-state index contributed by atoms with van der Waals surface area (Å²) < 4.78 is 0. The van der Waals surface area contributed by atoms with E-state index in [0.29, 0.717) is 12.5 Å². The van der Waals surface area contributed by atoms with Crippen molar-refractivity contribution in [3.63, 3.8) is 0 Å². The van der Waals surface area contributed by atoms with Crippen molar-refractivity contribution in [3.05, 3.63) is 29.3 Å². The van der Waals surface area contributed by atoms with Crippen LogP contribution in [0.3, 0.4) is 0 Å². The molecule has 3 rings (SSSR count). The normalized spacial score (nSPS) is 24.9. The zero-order valence-electron chi connectivity index (χ0n) is 11.1. The lowest BCUT2D eigenvalue weighted by Crippen LogP contribution is -2.53. The third-order valence-corrected chi connectivity index (χ3v) is 4.11. The summed E-state index contributed by atoms with van der Waals surface area (Å²) in [5, 5.41) is 6.24. The second kappa shape index (κ2) is 4.92. The van der Waals surface area contributed by atoms with Crippen LogP contribution in [0.1, 0.15) is 17.2 Å². The zero-order chi connectivity index (χ0) is 13.4. The number of nitrogens with one attached hydrogen (secondary N) is 2. The molecule has 19 heavy (non-hydrogen) atoms. The molecule has 2 unspecified atom stereocenters. The zero-order valence-corrected chi connectivity index (χ0v) is 11.1. The first kappa shape index (κ1) is 12.6. The molecule has 5 nitrogen and oxygen atoms in total. The summed E-state index contributed by atoms with van der Waals surface area (Å²) in [5.41, 5.74) is 9.50. The number of hydrogen-bond acceptors (Lipinski definition) is 4. The van der Waals surface area contributed by atoms with Gasteiger partial charge in [-0.05, 0) is 24.2 Å². The van der Waals surface area contributed by atoms with Crippen LogP contribution in [-0.4, -0.2) is 43.5 Å². The number of hydrogen-bond donors (Lipinski definition) is 3. The number of rotatable bonds is 2. The predicted octanol–water partition coefficient (Wildman–Crippen LogP) is 0.0846. The lowest BCUT2D eigenvalue weighted by Gasteiger charge is -2.37. The molecule has 1 aromatic rings. The Morgan fingerprint density at radius 3 is 3.11 bits per heavy atom. The smallest absolute Gasteiger partial charge is 0.228 e. The first-order chi connectivity index (χ1) is 9.15. The highest BCUT2D eigenvalue weighted by molar-refractivity contribution is 5.99. The molecular formula is C14H20N4O. The van der Waals surface area contributed by atoms with Gasteiger partial charge in [0.05, 0.1) is 6.42 Å². The van der Waals surface area contributed by atoms with Crippen molar-refractivity contribution in [1.82, 2.24) is 10.2 Å². The Balaban J connectivity index is 1.82. The number of amides is 1. The van der Waals surface area contributed by atoms with E-state index >= 15 is 0 Å². The van der Waals surface area contributed by atoms with Gasteiger partial charge in [-0.1, -0.05) is 12.1 Å². The second-order valence-electron chi connectivity index (χ2n) is 5.42. The summed E-state index contributed by atoms with van der Waals surface area (Å²) in [6.07, 6.45) is 0.467. The Hall–Kier alpha value is -1.43. The maximum atomic E-state index is 11.4. The van der Waals surface area contributed by atoms with Crippen LogP contribution in [0.15, 0.2) is 18.2 Å². The molecule has 1 amide bonds. The van der Waals surface area contributed by atoms with Crippen LogP contribution in [0.4, 0.5) is 5.69 Å². The molecule has 1 aromatic carbocycles. The van der Waals surface area contributed by atoms with E-state index in [1.807, 2.05) is 12.1 Å². The molecule has 0 saturated carbocycles. The topological polar surface area (TPSA) is 70.4 Å². The van der Waals surface area contributed by atoms with Gasteiger partial charge in [-0.2, -0.15) is 0 Å². The van der Waals surface area contributed by atoms with E-state index in [2.05, 4.69) is 28.6 Å². The van der Waals surface area contributed by atoms with Gasteiger partial charge in [0.2, 0.25) is 5.91 Å². The predicted molar refractivity (Wildman–Crippen MR) is 75.0 cm³/mol. The van der Waals surface area contributed by atoms with Crippen molar-refractivity contribution in [2.75, 3.05) is 32.0 Å². The van der Waals surface area contributed by atoms with Crippen molar-refractivity contribution >= 4 is 11.6 Å². The Morgan fingerprint density at radius 1 is 1.47 bits per heavy atom. The van der Waals surface area contributed by atoms with E-state index < -0.39 is 0 Å². The maximum absolute atomic E-state index is 11.4. The van der Waals surface area contributed by atoms with E-state index in [1.165, 1.54) is 0 Å². The Labute approximate surface area is 113 Å². The number of nitrogens with zero attached hydrogens (tertiary/aromatic N) is 1. The molecule has 0 spiro atoms. The molecule has 4 N–H and O–H groups in total. The van der Waals surface area contributed by atoms with Crippen LogP contribution in [0, 0.1) is 0 Å². The highest BCUT2D eigenvalue weighted by Gasteiger charge is 2.27. The number of nitrogens with two attached hydrogens (primary N) is 1. The molecular weight excluding hydrogens is 240 g/mol. The van der Waals surface area contributed by atoms with Gasteiger partial charge in [0.15, 0.2) is 0 Å². The van der Waals surface area contributed by atoms with Crippen molar-refractivity contribution in [2.24, 2.45) is 5.73 Å². The first-order valence-corrected chi connectivity index (χ1v) is 6.74. The van der Waals surface area contributed by atoms with E-state index in [0.717, 1.165) is 36.4 Å².